The summed E-state index contributed by atoms with van der Waals surface area (Å²) in [6, 6.07) is 13.8. The summed E-state index contributed by atoms with van der Waals surface area (Å²) in [5.74, 6) is -1.10. The van der Waals surface area contributed by atoms with Gasteiger partial charge in [-0.15, -0.1) is 0 Å². The van der Waals surface area contributed by atoms with Crippen LogP contribution in [-0.2, 0) is 17.6 Å². The highest BCUT2D eigenvalue weighted by atomic mass is 16.4. The minimum absolute atomic E-state index is 0.362. The first kappa shape index (κ1) is 14.3. The monoisotopic (exact) mass is 269 g/mol. The standard InChI is InChI=1S/C17H19NO2/c1-13-5-4-6-14(11-13)12-15(17(19)20)8-9-16-7-2-3-10-18-16/h2-7,10-11,15H,8-9,12H2,1H3,(H,19,20). The number of pyridine rings is 1. The van der Waals surface area contributed by atoms with E-state index in [0.29, 0.717) is 19.3 Å². The number of carboxylic acids is 1. The molecule has 1 heterocycles. The van der Waals surface area contributed by atoms with Crippen LogP contribution in [0.25, 0.3) is 0 Å². The highest BCUT2D eigenvalue weighted by molar-refractivity contribution is 5.70. The number of aryl methyl sites for hydroxylation is 2. The predicted molar refractivity (Wildman–Crippen MR) is 78.6 cm³/mol. The van der Waals surface area contributed by atoms with Crippen LogP contribution in [0, 0.1) is 12.8 Å². The number of benzene rings is 1. The fraction of sp³-hybridized carbons (Fsp3) is 0.294. The molecule has 0 aliphatic rings. The molecule has 1 atom stereocenters. The second-order valence-electron chi connectivity index (χ2n) is 5.09. The van der Waals surface area contributed by atoms with Crippen LogP contribution in [0.5, 0.6) is 0 Å². The van der Waals surface area contributed by atoms with Gasteiger partial charge in [0.15, 0.2) is 0 Å². The van der Waals surface area contributed by atoms with E-state index in [-0.39, 0.29) is 5.92 Å². The fourth-order valence-corrected chi connectivity index (χ4v) is 2.30. The molecule has 2 rings (SSSR count). The Bertz CT molecular complexity index is 566. The maximum atomic E-state index is 11.4. The zero-order valence-electron chi connectivity index (χ0n) is 11.6. The van der Waals surface area contributed by atoms with Gasteiger partial charge in [0, 0.05) is 11.9 Å². The lowest BCUT2D eigenvalue weighted by molar-refractivity contribution is -0.141. The Kier molecular flexibility index (Phi) is 4.88. The Balaban J connectivity index is 1.99. The topological polar surface area (TPSA) is 50.2 Å². The summed E-state index contributed by atoms with van der Waals surface area (Å²) in [7, 11) is 0. The molecular formula is C17H19NO2. The van der Waals surface area contributed by atoms with Gasteiger partial charge in [0.2, 0.25) is 0 Å². The van der Waals surface area contributed by atoms with Crippen LogP contribution in [0.2, 0.25) is 0 Å². The lowest BCUT2D eigenvalue weighted by atomic mass is 9.93. The van der Waals surface area contributed by atoms with Crippen LogP contribution in [0.1, 0.15) is 23.2 Å². The van der Waals surface area contributed by atoms with Crippen LogP contribution < -0.4 is 0 Å². The SMILES string of the molecule is Cc1cccc(CC(CCc2ccccn2)C(=O)O)c1. The molecule has 1 unspecified atom stereocenters. The van der Waals surface area contributed by atoms with Crippen molar-refractivity contribution in [3.8, 4) is 0 Å². The maximum absolute atomic E-state index is 11.4. The lowest BCUT2D eigenvalue weighted by Gasteiger charge is -2.12. The molecule has 1 aromatic heterocycles. The van der Waals surface area contributed by atoms with E-state index in [2.05, 4.69) is 11.1 Å². The van der Waals surface area contributed by atoms with E-state index in [0.717, 1.165) is 16.8 Å². The average molecular weight is 269 g/mol. The van der Waals surface area contributed by atoms with E-state index in [1.807, 2.05) is 43.3 Å². The van der Waals surface area contributed by atoms with Crippen LogP contribution in [0.3, 0.4) is 0 Å². The molecule has 0 spiro atoms. The molecule has 3 heteroatoms. The first-order chi connectivity index (χ1) is 9.65. The molecule has 0 saturated heterocycles. The lowest BCUT2D eigenvalue weighted by Crippen LogP contribution is -2.17. The van der Waals surface area contributed by atoms with Crippen LogP contribution in [0.4, 0.5) is 0 Å². The molecule has 0 radical (unpaired) electrons. The zero-order chi connectivity index (χ0) is 14.4. The van der Waals surface area contributed by atoms with Crippen molar-refractivity contribution in [1.82, 2.24) is 4.98 Å². The quantitative estimate of drug-likeness (QED) is 0.875. The highest BCUT2D eigenvalue weighted by Gasteiger charge is 2.18. The predicted octanol–water partition coefficient (Wildman–Crippen LogP) is 3.27. The van der Waals surface area contributed by atoms with Crippen molar-refractivity contribution in [2.45, 2.75) is 26.2 Å². The Hall–Kier alpha value is -2.16. The van der Waals surface area contributed by atoms with Gasteiger partial charge in [-0.3, -0.25) is 9.78 Å². The van der Waals surface area contributed by atoms with Crippen molar-refractivity contribution in [3.05, 3.63) is 65.5 Å². The third-order valence-corrected chi connectivity index (χ3v) is 3.39. The van der Waals surface area contributed by atoms with Gasteiger partial charge < -0.3 is 5.11 Å². The van der Waals surface area contributed by atoms with E-state index in [9.17, 15) is 9.90 Å². The first-order valence-corrected chi connectivity index (χ1v) is 6.83. The first-order valence-electron chi connectivity index (χ1n) is 6.83. The number of aromatic nitrogens is 1. The van der Waals surface area contributed by atoms with Gasteiger partial charge in [-0.2, -0.15) is 0 Å². The molecule has 0 aliphatic carbocycles. The van der Waals surface area contributed by atoms with Gasteiger partial charge in [-0.25, -0.2) is 0 Å². The largest absolute Gasteiger partial charge is 0.481 e. The summed E-state index contributed by atoms with van der Waals surface area (Å²) in [6.45, 7) is 2.02. The number of hydrogen-bond donors (Lipinski definition) is 1. The second kappa shape index (κ2) is 6.85. The molecule has 1 N–H and O–H groups in total. The Morgan fingerprint density at radius 3 is 2.75 bits per heavy atom. The Morgan fingerprint density at radius 2 is 2.10 bits per heavy atom. The summed E-state index contributed by atoms with van der Waals surface area (Å²) < 4.78 is 0. The molecule has 2 aromatic rings. The van der Waals surface area contributed by atoms with Crippen molar-refractivity contribution >= 4 is 5.97 Å². The van der Waals surface area contributed by atoms with Crippen LogP contribution in [0.15, 0.2) is 48.7 Å². The van der Waals surface area contributed by atoms with Crippen LogP contribution >= 0.6 is 0 Å². The van der Waals surface area contributed by atoms with Gasteiger partial charge in [0.05, 0.1) is 5.92 Å². The number of rotatable bonds is 6. The molecule has 0 fully saturated rings. The number of hydrogen-bond acceptors (Lipinski definition) is 2. The minimum atomic E-state index is -0.734. The van der Waals surface area contributed by atoms with E-state index in [1.165, 1.54) is 0 Å². The highest BCUT2D eigenvalue weighted by Crippen LogP contribution is 2.16. The third kappa shape index (κ3) is 4.19. The van der Waals surface area contributed by atoms with Crippen molar-refractivity contribution in [2.75, 3.05) is 0 Å². The van der Waals surface area contributed by atoms with Gasteiger partial charge in [0.25, 0.3) is 0 Å². The van der Waals surface area contributed by atoms with E-state index in [1.54, 1.807) is 6.20 Å². The van der Waals surface area contributed by atoms with Crippen LogP contribution in [-0.4, -0.2) is 16.1 Å². The number of carbonyl (C=O) groups is 1. The molecule has 0 amide bonds. The van der Waals surface area contributed by atoms with Gasteiger partial charge in [0.1, 0.15) is 0 Å². The van der Waals surface area contributed by atoms with Crippen molar-refractivity contribution in [3.63, 3.8) is 0 Å². The number of aliphatic carboxylic acids is 1. The molecule has 0 saturated carbocycles. The molecule has 0 aliphatic heterocycles. The average Bonchev–Trinajstić information content (AvgIpc) is 2.44. The van der Waals surface area contributed by atoms with Gasteiger partial charge in [-0.05, 0) is 43.9 Å². The summed E-state index contributed by atoms with van der Waals surface area (Å²) >= 11 is 0. The normalized spacial score (nSPS) is 12.1. The molecular weight excluding hydrogens is 250 g/mol. The third-order valence-electron chi connectivity index (χ3n) is 3.39. The van der Waals surface area contributed by atoms with Crippen molar-refractivity contribution in [1.29, 1.82) is 0 Å². The second-order valence-corrected chi connectivity index (χ2v) is 5.09. The van der Waals surface area contributed by atoms with E-state index >= 15 is 0 Å². The molecule has 0 bridgehead atoms. The molecule has 104 valence electrons. The molecule has 20 heavy (non-hydrogen) atoms. The van der Waals surface area contributed by atoms with Crippen molar-refractivity contribution < 1.29 is 9.90 Å². The smallest absolute Gasteiger partial charge is 0.306 e. The minimum Gasteiger partial charge on any atom is -0.481 e. The summed E-state index contributed by atoms with van der Waals surface area (Å²) in [5.41, 5.74) is 3.19. The number of carboxylic acid groups (broad SMARTS) is 1. The molecule has 3 nitrogen and oxygen atoms in total. The number of nitrogens with zero attached hydrogens (tertiary/aromatic N) is 1. The maximum Gasteiger partial charge on any atom is 0.306 e. The van der Waals surface area contributed by atoms with Gasteiger partial charge >= 0.3 is 5.97 Å². The van der Waals surface area contributed by atoms with E-state index < -0.39 is 5.97 Å². The van der Waals surface area contributed by atoms with Gasteiger partial charge in [-0.1, -0.05) is 35.9 Å². The Labute approximate surface area is 119 Å². The van der Waals surface area contributed by atoms with E-state index in [4.69, 9.17) is 0 Å². The zero-order valence-corrected chi connectivity index (χ0v) is 11.6. The summed E-state index contributed by atoms with van der Waals surface area (Å²) in [5, 5.41) is 9.36. The van der Waals surface area contributed by atoms with Crippen molar-refractivity contribution in [2.24, 2.45) is 5.92 Å². The summed E-state index contributed by atoms with van der Waals surface area (Å²) in [6.07, 6.45) is 3.62. The fourth-order valence-electron chi connectivity index (χ4n) is 2.30. The molecule has 1 aromatic carbocycles. The Morgan fingerprint density at radius 1 is 1.25 bits per heavy atom. The summed E-state index contributed by atoms with van der Waals surface area (Å²) in [4.78, 5) is 15.6.